The number of benzene rings is 3. The fourth-order valence-electron chi connectivity index (χ4n) is 4.39. The first-order valence-electron chi connectivity index (χ1n) is 10.9. The molecule has 1 N–H and O–H groups in total. The topological polar surface area (TPSA) is 46.3 Å². The zero-order valence-corrected chi connectivity index (χ0v) is 17.4. The average Bonchev–Trinajstić information content (AvgIpc) is 3.27. The van der Waals surface area contributed by atoms with Gasteiger partial charge in [-0.2, -0.15) is 0 Å². The van der Waals surface area contributed by atoms with Crippen LogP contribution in [0.25, 0.3) is 28.2 Å². The Bertz CT molecular complexity index is 1140. The van der Waals surface area contributed by atoms with Crippen molar-refractivity contribution in [2.24, 2.45) is 5.92 Å². The number of allylic oxidation sites excluding steroid dienone is 2. The van der Waals surface area contributed by atoms with Crippen LogP contribution in [-0.4, -0.2) is 10.1 Å². The van der Waals surface area contributed by atoms with E-state index in [0.29, 0.717) is 11.6 Å². The van der Waals surface area contributed by atoms with Crippen molar-refractivity contribution in [3.05, 3.63) is 102 Å². The molecule has 3 heteroatoms. The Hall–Kier alpha value is -3.59. The molecule has 0 saturated heterocycles. The van der Waals surface area contributed by atoms with Gasteiger partial charge in [-0.1, -0.05) is 84.9 Å². The van der Waals surface area contributed by atoms with E-state index in [1.807, 2.05) is 54.6 Å². The summed E-state index contributed by atoms with van der Waals surface area (Å²) in [6, 6.07) is 28.0. The Kier molecular flexibility index (Phi) is 5.40. The normalized spacial score (nSPS) is 16.1. The van der Waals surface area contributed by atoms with Crippen LogP contribution in [0, 0.1) is 5.92 Å². The van der Waals surface area contributed by atoms with Crippen LogP contribution in [-0.2, 0) is 6.42 Å². The van der Waals surface area contributed by atoms with Gasteiger partial charge in [-0.25, -0.2) is 4.98 Å². The third-order valence-corrected chi connectivity index (χ3v) is 5.98. The molecule has 1 heterocycles. The number of nitrogens with zero attached hydrogens (tertiary/aromatic N) is 1. The molecular weight excluding hydrogens is 382 g/mol. The first kappa shape index (κ1) is 19.4. The predicted octanol–water partition coefficient (Wildman–Crippen LogP) is 7.14. The van der Waals surface area contributed by atoms with E-state index < -0.39 is 0 Å². The Morgan fingerprint density at radius 2 is 1.52 bits per heavy atom. The molecule has 1 unspecified atom stereocenters. The van der Waals surface area contributed by atoms with Crippen LogP contribution in [0.1, 0.15) is 30.7 Å². The maximum atomic E-state index is 10.3. The molecule has 5 rings (SSSR count). The van der Waals surface area contributed by atoms with E-state index in [2.05, 4.69) is 30.3 Å². The molecular formula is C28H25NO2. The van der Waals surface area contributed by atoms with E-state index in [9.17, 15) is 5.11 Å². The lowest BCUT2D eigenvalue weighted by Gasteiger charge is -2.22. The van der Waals surface area contributed by atoms with Crippen molar-refractivity contribution in [1.82, 2.24) is 4.98 Å². The van der Waals surface area contributed by atoms with Crippen LogP contribution in [0.3, 0.4) is 0 Å². The summed E-state index contributed by atoms with van der Waals surface area (Å²) in [6.07, 6.45) is 6.27. The van der Waals surface area contributed by atoms with E-state index in [1.54, 1.807) is 6.07 Å². The van der Waals surface area contributed by atoms with Crippen LogP contribution >= 0.6 is 0 Å². The predicted molar refractivity (Wildman–Crippen MR) is 125 cm³/mol. The third-order valence-electron chi connectivity index (χ3n) is 5.98. The van der Waals surface area contributed by atoms with Crippen molar-refractivity contribution in [2.45, 2.75) is 25.7 Å². The lowest BCUT2D eigenvalue weighted by Crippen LogP contribution is -2.11. The zero-order valence-electron chi connectivity index (χ0n) is 17.4. The summed E-state index contributed by atoms with van der Waals surface area (Å²) in [5, 5.41) is 10.3. The minimum atomic E-state index is 0.271. The lowest BCUT2D eigenvalue weighted by atomic mass is 9.83. The molecule has 0 saturated carbocycles. The van der Waals surface area contributed by atoms with Crippen molar-refractivity contribution in [3.8, 4) is 28.3 Å². The highest BCUT2D eigenvalue weighted by Gasteiger charge is 2.26. The van der Waals surface area contributed by atoms with Crippen molar-refractivity contribution < 1.29 is 9.52 Å². The molecule has 0 spiro atoms. The number of rotatable bonds is 5. The van der Waals surface area contributed by atoms with E-state index in [0.717, 1.165) is 59.4 Å². The quantitative estimate of drug-likeness (QED) is 0.382. The van der Waals surface area contributed by atoms with E-state index in [4.69, 9.17) is 9.40 Å². The highest BCUT2D eigenvalue weighted by atomic mass is 16.4. The fraction of sp³-hybridized carbons (Fsp3) is 0.179. The molecule has 1 aliphatic rings. The summed E-state index contributed by atoms with van der Waals surface area (Å²) in [5.41, 5.74) is 5.06. The van der Waals surface area contributed by atoms with Crippen molar-refractivity contribution >= 4 is 5.57 Å². The summed E-state index contributed by atoms with van der Waals surface area (Å²) in [7, 11) is 0. The van der Waals surface area contributed by atoms with Crippen molar-refractivity contribution in [2.75, 3.05) is 0 Å². The van der Waals surface area contributed by atoms with E-state index in [1.165, 1.54) is 0 Å². The second-order valence-corrected chi connectivity index (χ2v) is 8.05. The molecule has 154 valence electrons. The van der Waals surface area contributed by atoms with Crippen molar-refractivity contribution in [1.29, 1.82) is 0 Å². The van der Waals surface area contributed by atoms with Crippen molar-refractivity contribution in [3.63, 3.8) is 0 Å². The second-order valence-electron chi connectivity index (χ2n) is 8.05. The molecule has 31 heavy (non-hydrogen) atoms. The minimum absolute atomic E-state index is 0.271. The number of para-hydroxylation sites is 1. The lowest BCUT2D eigenvalue weighted by molar-refractivity contribution is 0.456. The monoisotopic (exact) mass is 407 g/mol. The fourth-order valence-corrected chi connectivity index (χ4v) is 4.39. The number of phenols is 1. The number of hydrogen-bond donors (Lipinski definition) is 1. The number of hydrogen-bond acceptors (Lipinski definition) is 3. The van der Waals surface area contributed by atoms with Gasteiger partial charge < -0.3 is 9.52 Å². The van der Waals surface area contributed by atoms with Crippen LogP contribution in [0.4, 0.5) is 0 Å². The maximum absolute atomic E-state index is 10.3. The summed E-state index contributed by atoms with van der Waals surface area (Å²) in [5.74, 6) is 2.12. The molecule has 3 nitrogen and oxygen atoms in total. The van der Waals surface area contributed by atoms with E-state index >= 15 is 0 Å². The van der Waals surface area contributed by atoms with E-state index in [-0.39, 0.29) is 5.92 Å². The Morgan fingerprint density at radius 1 is 0.839 bits per heavy atom. The van der Waals surface area contributed by atoms with Gasteiger partial charge in [0.2, 0.25) is 5.89 Å². The van der Waals surface area contributed by atoms with Gasteiger partial charge in [-0.05, 0) is 43.2 Å². The minimum Gasteiger partial charge on any atom is -0.508 e. The van der Waals surface area contributed by atoms with Gasteiger partial charge in [-0.15, -0.1) is 0 Å². The highest BCUT2D eigenvalue weighted by molar-refractivity contribution is 5.79. The van der Waals surface area contributed by atoms with Crippen LogP contribution in [0.5, 0.6) is 5.75 Å². The molecule has 4 aromatic rings. The molecule has 1 aromatic heterocycles. The SMILES string of the molecule is Oc1ccccc1CC1CCCC=C1c1nc(-c2ccccc2)c(-c2ccccc2)o1. The third kappa shape index (κ3) is 4.04. The molecule has 0 amide bonds. The first-order valence-corrected chi connectivity index (χ1v) is 10.9. The van der Waals surface area contributed by atoms with Gasteiger partial charge in [0.25, 0.3) is 0 Å². The van der Waals surface area contributed by atoms with Crippen LogP contribution in [0.15, 0.2) is 95.4 Å². The molecule has 0 radical (unpaired) electrons. The van der Waals surface area contributed by atoms with Gasteiger partial charge >= 0.3 is 0 Å². The average molecular weight is 408 g/mol. The number of aromatic nitrogens is 1. The molecule has 1 atom stereocenters. The summed E-state index contributed by atoms with van der Waals surface area (Å²) in [6.45, 7) is 0. The second kappa shape index (κ2) is 8.65. The Balaban J connectivity index is 1.57. The number of oxazole rings is 1. The van der Waals surface area contributed by atoms with Crippen LogP contribution in [0.2, 0.25) is 0 Å². The molecule has 0 bridgehead atoms. The van der Waals surface area contributed by atoms with Gasteiger partial charge in [0.1, 0.15) is 11.4 Å². The van der Waals surface area contributed by atoms with Crippen LogP contribution < -0.4 is 0 Å². The summed E-state index contributed by atoms with van der Waals surface area (Å²) in [4.78, 5) is 5.00. The zero-order chi connectivity index (χ0) is 21.0. The largest absolute Gasteiger partial charge is 0.508 e. The smallest absolute Gasteiger partial charge is 0.223 e. The maximum Gasteiger partial charge on any atom is 0.223 e. The number of phenolic OH excluding ortho intramolecular Hbond substituents is 1. The molecule has 3 aromatic carbocycles. The highest BCUT2D eigenvalue weighted by Crippen LogP contribution is 2.40. The Labute approximate surface area is 182 Å². The van der Waals surface area contributed by atoms with Gasteiger partial charge in [0.15, 0.2) is 5.76 Å². The standard InChI is InChI=1S/C28H25NO2/c30-25-18-10-8-16-23(25)19-22-15-7-9-17-24(22)28-29-26(20-11-3-1-4-12-20)27(31-28)21-13-5-2-6-14-21/h1-6,8,10-14,16-18,22,30H,7,9,15,19H2. The van der Waals surface area contributed by atoms with Gasteiger partial charge in [0.05, 0.1) is 0 Å². The summed E-state index contributed by atoms with van der Waals surface area (Å²) < 4.78 is 6.45. The molecule has 0 aliphatic heterocycles. The molecule has 0 fully saturated rings. The number of aromatic hydroxyl groups is 1. The molecule has 1 aliphatic carbocycles. The first-order chi connectivity index (χ1) is 15.3. The van der Waals surface area contributed by atoms with Gasteiger partial charge in [0, 0.05) is 16.7 Å². The summed E-state index contributed by atoms with van der Waals surface area (Å²) >= 11 is 0. The Morgan fingerprint density at radius 3 is 2.26 bits per heavy atom. The van der Waals surface area contributed by atoms with Gasteiger partial charge in [-0.3, -0.25) is 0 Å².